The van der Waals surface area contributed by atoms with Gasteiger partial charge in [-0.2, -0.15) is 0 Å². The van der Waals surface area contributed by atoms with Crippen molar-refractivity contribution in [2.45, 2.75) is 65.0 Å². The van der Waals surface area contributed by atoms with Crippen molar-refractivity contribution in [2.24, 2.45) is 11.3 Å². The minimum atomic E-state index is -0.898. The van der Waals surface area contributed by atoms with Crippen LogP contribution in [-0.4, -0.2) is 40.6 Å². The fourth-order valence-corrected chi connectivity index (χ4v) is 3.67. The molecule has 2 rings (SSSR count). The summed E-state index contributed by atoms with van der Waals surface area (Å²) in [5.41, 5.74) is -0.371. The first-order valence-electron chi connectivity index (χ1n) is 7.61. The second kappa shape index (κ2) is 5.62. The predicted octanol–water partition coefficient (Wildman–Crippen LogP) is 2.46. The van der Waals surface area contributed by atoms with Crippen molar-refractivity contribution in [1.82, 2.24) is 10.2 Å². The number of rotatable bonds is 2. The first kappa shape index (κ1) is 15.1. The summed E-state index contributed by atoms with van der Waals surface area (Å²) < 4.78 is 0. The molecule has 1 saturated heterocycles. The summed E-state index contributed by atoms with van der Waals surface area (Å²) in [6, 6.07) is -0.726. The number of carboxylic acid groups (broad SMARTS) is 1. The standard InChI is InChI=1S/C15H26N2O3/c1-10-5-6-11(9-10)16-14(20)17-8-4-7-15(2,3)12(17)13(18)19/h10-12H,4-9H2,1-3H3,(H,16,20)(H,18,19). The molecule has 3 atom stereocenters. The minimum Gasteiger partial charge on any atom is -0.480 e. The molecule has 0 aromatic rings. The molecular weight excluding hydrogens is 256 g/mol. The molecular formula is C15H26N2O3. The van der Waals surface area contributed by atoms with Crippen molar-refractivity contribution in [1.29, 1.82) is 0 Å². The van der Waals surface area contributed by atoms with Gasteiger partial charge in [0.15, 0.2) is 0 Å². The molecule has 0 aromatic heterocycles. The van der Waals surface area contributed by atoms with Gasteiger partial charge in [0, 0.05) is 12.6 Å². The lowest BCUT2D eigenvalue weighted by Gasteiger charge is -2.44. The summed E-state index contributed by atoms with van der Waals surface area (Å²) in [5.74, 6) is -0.252. The van der Waals surface area contributed by atoms with E-state index in [1.54, 1.807) is 0 Å². The Morgan fingerprint density at radius 3 is 2.55 bits per heavy atom. The van der Waals surface area contributed by atoms with Crippen molar-refractivity contribution in [2.75, 3.05) is 6.54 Å². The van der Waals surface area contributed by atoms with Gasteiger partial charge in [0.1, 0.15) is 6.04 Å². The quantitative estimate of drug-likeness (QED) is 0.817. The van der Waals surface area contributed by atoms with Crippen LogP contribution in [0.2, 0.25) is 0 Å². The number of hydrogen-bond acceptors (Lipinski definition) is 2. The van der Waals surface area contributed by atoms with Gasteiger partial charge in [-0.1, -0.05) is 20.8 Å². The molecule has 2 fully saturated rings. The van der Waals surface area contributed by atoms with Crippen LogP contribution in [-0.2, 0) is 4.79 Å². The van der Waals surface area contributed by atoms with Crippen LogP contribution in [0.1, 0.15) is 52.9 Å². The average molecular weight is 282 g/mol. The molecule has 5 heteroatoms. The van der Waals surface area contributed by atoms with E-state index >= 15 is 0 Å². The molecule has 0 bridgehead atoms. The number of nitrogens with zero attached hydrogens (tertiary/aromatic N) is 1. The Bertz CT molecular complexity index is 395. The molecule has 0 radical (unpaired) electrons. The number of aliphatic carboxylic acids is 1. The molecule has 0 spiro atoms. The summed E-state index contributed by atoms with van der Waals surface area (Å²) in [6.45, 7) is 6.59. The number of carbonyl (C=O) groups is 2. The first-order valence-corrected chi connectivity index (χ1v) is 7.61. The van der Waals surface area contributed by atoms with E-state index in [4.69, 9.17) is 0 Å². The fourth-order valence-electron chi connectivity index (χ4n) is 3.67. The summed E-state index contributed by atoms with van der Waals surface area (Å²) in [4.78, 5) is 25.5. The molecule has 1 heterocycles. The zero-order valence-electron chi connectivity index (χ0n) is 12.7. The predicted molar refractivity (Wildman–Crippen MR) is 76.5 cm³/mol. The summed E-state index contributed by atoms with van der Waals surface area (Å²) in [6.07, 6.45) is 4.85. The van der Waals surface area contributed by atoms with Gasteiger partial charge >= 0.3 is 12.0 Å². The van der Waals surface area contributed by atoms with Crippen LogP contribution < -0.4 is 5.32 Å². The topological polar surface area (TPSA) is 69.6 Å². The Kier molecular flexibility index (Phi) is 4.25. The Hall–Kier alpha value is -1.26. The lowest BCUT2D eigenvalue weighted by atomic mass is 9.76. The number of carboxylic acids is 1. The van der Waals surface area contributed by atoms with Gasteiger partial charge in [-0.05, 0) is 43.4 Å². The van der Waals surface area contributed by atoms with Gasteiger partial charge in [0.25, 0.3) is 0 Å². The van der Waals surface area contributed by atoms with E-state index in [2.05, 4.69) is 12.2 Å². The number of piperidine rings is 1. The van der Waals surface area contributed by atoms with E-state index in [9.17, 15) is 14.7 Å². The molecule has 114 valence electrons. The second-order valence-electron chi connectivity index (χ2n) is 7.09. The summed E-state index contributed by atoms with van der Waals surface area (Å²) in [5, 5.41) is 12.5. The Morgan fingerprint density at radius 1 is 1.30 bits per heavy atom. The SMILES string of the molecule is CC1CCC(NC(=O)N2CCCC(C)(C)C2C(=O)O)C1. The van der Waals surface area contributed by atoms with Crippen LogP contribution in [0.25, 0.3) is 0 Å². The van der Waals surface area contributed by atoms with Crippen LogP contribution in [0.4, 0.5) is 4.79 Å². The van der Waals surface area contributed by atoms with Crippen LogP contribution in [0.3, 0.4) is 0 Å². The normalized spacial score (nSPS) is 33.0. The highest BCUT2D eigenvalue weighted by atomic mass is 16.4. The molecule has 2 amide bonds. The Labute approximate surface area is 120 Å². The van der Waals surface area contributed by atoms with Crippen LogP contribution in [0.5, 0.6) is 0 Å². The smallest absolute Gasteiger partial charge is 0.327 e. The molecule has 1 saturated carbocycles. The molecule has 20 heavy (non-hydrogen) atoms. The Morgan fingerprint density at radius 2 is 2.00 bits per heavy atom. The summed E-state index contributed by atoms with van der Waals surface area (Å²) >= 11 is 0. The van der Waals surface area contributed by atoms with Crippen LogP contribution >= 0.6 is 0 Å². The molecule has 5 nitrogen and oxygen atoms in total. The van der Waals surface area contributed by atoms with E-state index in [1.165, 1.54) is 4.90 Å². The van der Waals surface area contributed by atoms with E-state index in [-0.39, 0.29) is 17.5 Å². The minimum absolute atomic E-state index is 0.204. The number of hydrogen-bond donors (Lipinski definition) is 2. The zero-order valence-corrected chi connectivity index (χ0v) is 12.7. The molecule has 1 aliphatic heterocycles. The van der Waals surface area contributed by atoms with Crippen molar-refractivity contribution in [3.05, 3.63) is 0 Å². The maximum absolute atomic E-state index is 12.4. The van der Waals surface area contributed by atoms with E-state index in [1.807, 2.05) is 13.8 Å². The average Bonchev–Trinajstić information content (AvgIpc) is 2.72. The van der Waals surface area contributed by atoms with Crippen molar-refractivity contribution < 1.29 is 14.7 Å². The number of nitrogens with one attached hydrogen (secondary N) is 1. The Balaban J connectivity index is 2.05. The monoisotopic (exact) mass is 282 g/mol. The van der Waals surface area contributed by atoms with Crippen molar-refractivity contribution in [3.8, 4) is 0 Å². The number of urea groups is 1. The van der Waals surface area contributed by atoms with Crippen LogP contribution in [0, 0.1) is 11.3 Å². The number of amides is 2. The molecule has 2 N–H and O–H groups in total. The maximum atomic E-state index is 12.4. The van der Waals surface area contributed by atoms with Crippen molar-refractivity contribution >= 4 is 12.0 Å². The van der Waals surface area contributed by atoms with Gasteiger partial charge in [0.05, 0.1) is 0 Å². The third-order valence-corrected chi connectivity index (χ3v) is 4.79. The van der Waals surface area contributed by atoms with E-state index in [0.717, 1.165) is 32.1 Å². The molecule has 1 aliphatic carbocycles. The third-order valence-electron chi connectivity index (χ3n) is 4.79. The van der Waals surface area contributed by atoms with Gasteiger partial charge in [-0.15, -0.1) is 0 Å². The number of carbonyl (C=O) groups excluding carboxylic acids is 1. The lowest BCUT2D eigenvalue weighted by molar-refractivity contribution is -0.148. The molecule has 2 aliphatic rings. The van der Waals surface area contributed by atoms with Gasteiger partial charge in [0.2, 0.25) is 0 Å². The first-order chi connectivity index (χ1) is 9.31. The van der Waals surface area contributed by atoms with Crippen LogP contribution in [0.15, 0.2) is 0 Å². The number of likely N-dealkylation sites (tertiary alicyclic amines) is 1. The van der Waals surface area contributed by atoms with E-state index in [0.29, 0.717) is 12.5 Å². The zero-order chi connectivity index (χ0) is 14.9. The summed E-state index contributed by atoms with van der Waals surface area (Å²) in [7, 11) is 0. The fraction of sp³-hybridized carbons (Fsp3) is 0.867. The lowest BCUT2D eigenvalue weighted by Crippen LogP contribution is -2.59. The highest BCUT2D eigenvalue weighted by Crippen LogP contribution is 2.35. The second-order valence-corrected chi connectivity index (χ2v) is 7.09. The third kappa shape index (κ3) is 3.07. The van der Waals surface area contributed by atoms with Gasteiger partial charge < -0.3 is 15.3 Å². The maximum Gasteiger partial charge on any atom is 0.327 e. The van der Waals surface area contributed by atoms with Gasteiger partial charge in [-0.3, -0.25) is 0 Å². The van der Waals surface area contributed by atoms with Crippen molar-refractivity contribution in [3.63, 3.8) is 0 Å². The largest absolute Gasteiger partial charge is 0.480 e. The molecule has 0 aromatic carbocycles. The van der Waals surface area contributed by atoms with E-state index < -0.39 is 12.0 Å². The van der Waals surface area contributed by atoms with Gasteiger partial charge in [-0.25, -0.2) is 9.59 Å². The highest BCUT2D eigenvalue weighted by molar-refractivity contribution is 5.83. The highest BCUT2D eigenvalue weighted by Gasteiger charge is 2.44. The molecule has 3 unspecified atom stereocenters.